The molecule has 5 nitrogen and oxygen atoms in total. The first-order chi connectivity index (χ1) is 7.60. The minimum absolute atomic E-state index is 0.0243. The average Bonchev–Trinajstić information content (AvgIpc) is 2.53. The van der Waals surface area contributed by atoms with Gasteiger partial charge in [-0.2, -0.15) is 5.10 Å². The lowest BCUT2D eigenvalue weighted by molar-refractivity contribution is -0.116. The summed E-state index contributed by atoms with van der Waals surface area (Å²) >= 11 is 0. The lowest BCUT2D eigenvalue weighted by Gasteiger charge is -2.05. The molecule has 2 N–H and O–H groups in total. The molecule has 0 aliphatic carbocycles. The van der Waals surface area contributed by atoms with Gasteiger partial charge in [0.15, 0.2) is 0 Å². The number of carbonyl (C=O) groups is 1. The van der Waals surface area contributed by atoms with Gasteiger partial charge >= 0.3 is 0 Å². The van der Waals surface area contributed by atoms with Crippen LogP contribution in [0.1, 0.15) is 24.7 Å². The summed E-state index contributed by atoms with van der Waals surface area (Å²) in [4.78, 5) is 11.6. The van der Waals surface area contributed by atoms with Crippen LogP contribution in [0.15, 0.2) is 0 Å². The molecule has 5 heteroatoms. The van der Waals surface area contributed by atoms with Gasteiger partial charge in [-0.25, -0.2) is 0 Å². The Bertz CT molecular complexity index is 370. The Morgan fingerprint density at radius 2 is 2.12 bits per heavy atom. The van der Waals surface area contributed by atoms with Crippen molar-refractivity contribution >= 4 is 11.6 Å². The third-order valence-electron chi connectivity index (χ3n) is 2.55. The Morgan fingerprint density at radius 1 is 1.44 bits per heavy atom. The first-order valence-electron chi connectivity index (χ1n) is 5.58. The smallest absolute Gasteiger partial charge is 0.225 e. The fourth-order valence-electron chi connectivity index (χ4n) is 1.63. The van der Waals surface area contributed by atoms with Gasteiger partial charge in [0.25, 0.3) is 0 Å². The Kier molecular flexibility index (Phi) is 4.49. The summed E-state index contributed by atoms with van der Waals surface area (Å²) in [6, 6.07) is 0. The molecule has 0 aliphatic heterocycles. The van der Waals surface area contributed by atoms with Crippen LogP contribution >= 0.6 is 0 Å². The molecule has 1 rings (SSSR count). The van der Waals surface area contributed by atoms with Crippen LogP contribution < -0.4 is 10.6 Å². The van der Waals surface area contributed by atoms with E-state index in [1.165, 1.54) is 0 Å². The summed E-state index contributed by atoms with van der Waals surface area (Å²) < 4.78 is 1.89. The van der Waals surface area contributed by atoms with E-state index in [0.717, 1.165) is 23.6 Å². The van der Waals surface area contributed by atoms with Crippen LogP contribution in [0.3, 0.4) is 0 Å². The normalized spacial score (nSPS) is 10.5. The highest BCUT2D eigenvalue weighted by Crippen LogP contribution is 2.19. The van der Waals surface area contributed by atoms with Gasteiger partial charge in [0.1, 0.15) is 0 Å². The molecular formula is C11H20N4O. The fraction of sp³-hybridized carbons (Fsp3) is 0.636. The van der Waals surface area contributed by atoms with E-state index in [1.807, 2.05) is 32.5 Å². The van der Waals surface area contributed by atoms with Crippen molar-refractivity contribution < 1.29 is 4.79 Å². The molecular weight excluding hydrogens is 204 g/mol. The van der Waals surface area contributed by atoms with E-state index in [4.69, 9.17) is 0 Å². The highest BCUT2D eigenvalue weighted by molar-refractivity contribution is 5.92. The van der Waals surface area contributed by atoms with Gasteiger partial charge < -0.3 is 10.6 Å². The Morgan fingerprint density at radius 3 is 2.62 bits per heavy atom. The van der Waals surface area contributed by atoms with Gasteiger partial charge in [-0.1, -0.05) is 0 Å². The van der Waals surface area contributed by atoms with E-state index in [0.29, 0.717) is 13.0 Å². The molecule has 0 atom stereocenters. The van der Waals surface area contributed by atoms with Gasteiger partial charge in [-0.05, 0) is 27.8 Å². The molecule has 1 aromatic rings. The zero-order valence-electron chi connectivity index (χ0n) is 10.4. The van der Waals surface area contributed by atoms with Crippen molar-refractivity contribution in [3.8, 4) is 0 Å². The number of aromatic nitrogens is 2. The lowest BCUT2D eigenvalue weighted by atomic mass is 10.3. The number of nitrogens with zero attached hydrogens (tertiary/aromatic N) is 2. The van der Waals surface area contributed by atoms with Crippen molar-refractivity contribution in [3.05, 3.63) is 11.4 Å². The molecule has 1 heterocycles. The molecule has 0 aromatic carbocycles. The van der Waals surface area contributed by atoms with Crippen LogP contribution in [0.2, 0.25) is 0 Å². The summed E-state index contributed by atoms with van der Waals surface area (Å²) in [7, 11) is 1.83. The second-order valence-corrected chi connectivity index (χ2v) is 3.76. The Balaban J connectivity index is 2.73. The lowest BCUT2D eigenvalue weighted by Crippen LogP contribution is -2.19. The molecule has 1 amide bonds. The maximum absolute atomic E-state index is 11.6. The van der Waals surface area contributed by atoms with Gasteiger partial charge in [0.2, 0.25) is 5.91 Å². The van der Waals surface area contributed by atoms with E-state index in [2.05, 4.69) is 15.7 Å². The van der Waals surface area contributed by atoms with E-state index in [9.17, 15) is 4.79 Å². The second-order valence-electron chi connectivity index (χ2n) is 3.76. The van der Waals surface area contributed by atoms with Crippen molar-refractivity contribution in [2.45, 2.75) is 33.7 Å². The van der Waals surface area contributed by atoms with Crippen LogP contribution in [0.4, 0.5) is 5.69 Å². The zero-order chi connectivity index (χ0) is 12.1. The molecule has 0 fully saturated rings. The number of carbonyl (C=O) groups excluding carboxylic acids is 1. The zero-order valence-corrected chi connectivity index (χ0v) is 10.4. The first kappa shape index (κ1) is 12.7. The van der Waals surface area contributed by atoms with Crippen molar-refractivity contribution in [1.29, 1.82) is 0 Å². The molecule has 0 unspecified atom stereocenters. The van der Waals surface area contributed by atoms with Crippen molar-refractivity contribution in [1.82, 2.24) is 15.1 Å². The first-order valence-corrected chi connectivity index (χ1v) is 5.58. The molecule has 0 spiro atoms. The Hall–Kier alpha value is -1.36. The largest absolute Gasteiger partial charge is 0.323 e. The summed E-state index contributed by atoms with van der Waals surface area (Å²) in [6.45, 7) is 7.42. The number of hydrogen-bond donors (Lipinski definition) is 2. The van der Waals surface area contributed by atoms with E-state index in [-0.39, 0.29) is 5.91 Å². The van der Waals surface area contributed by atoms with Crippen LogP contribution in [0, 0.1) is 13.8 Å². The predicted octanol–water partition coefficient (Wildman–Crippen LogP) is 1.07. The maximum Gasteiger partial charge on any atom is 0.225 e. The number of amides is 1. The third-order valence-corrected chi connectivity index (χ3v) is 2.55. The van der Waals surface area contributed by atoms with E-state index >= 15 is 0 Å². The number of anilines is 1. The number of rotatable bonds is 5. The molecule has 0 aliphatic rings. The summed E-state index contributed by atoms with van der Waals surface area (Å²) in [6.07, 6.45) is 0.479. The fourth-order valence-corrected chi connectivity index (χ4v) is 1.63. The molecule has 0 saturated heterocycles. The molecule has 0 radical (unpaired) electrons. The molecule has 1 aromatic heterocycles. The van der Waals surface area contributed by atoms with Gasteiger partial charge in [0, 0.05) is 19.5 Å². The molecule has 16 heavy (non-hydrogen) atoms. The van der Waals surface area contributed by atoms with Crippen molar-refractivity contribution in [3.63, 3.8) is 0 Å². The Labute approximate surface area is 96.2 Å². The quantitative estimate of drug-likeness (QED) is 0.786. The van der Waals surface area contributed by atoms with Gasteiger partial charge in [-0.15, -0.1) is 0 Å². The minimum Gasteiger partial charge on any atom is -0.323 e. The average molecular weight is 224 g/mol. The number of hydrogen-bond acceptors (Lipinski definition) is 3. The summed E-state index contributed by atoms with van der Waals surface area (Å²) in [5.41, 5.74) is 2.73. The molecule has 0 bridgehead atoms. The maximum atomic E-state index is 11.6. The molecule has 90 valence electrons. The van der Waals surface area contributed by atoms with E-state index < -0.39 is 0 Å². The predicted molar refractivity (Wildman–Crippen MR) is 64.5 cm³/mol. The SMILES string of the molecule is CCn1nc(C)c(NC(=O)CCNC)c1C. The number of aryl methyl sites for hydroxylation is 2. The topological polar surface area (TPSA) is 59.0 Å². The number of nitrogens with one attached hydrogen (secondary N) is 2. The minimum atomic E-state index is 0.0243. The summed E-state index contributed by atoms with van der Waals surface area (Å²) in [5.74, 6) is 0.0243. The van der Waals surface area contributed by atoms with Crippen LogP contribution in [0.25, 0.3) is 0 Å². The van der Waals surface area contributed by atoms with E-state index in [1.54, 1.807) is 0 Å². The standard InChI is InChI=1S/C11H20N4O/c1-5-15-9(3)11(8(2)14-15)13-10(16)6-7-12-4/h12H,5-7H2,1-4H3,(H,13,16). The van der Waals surface area contributed by atoms with Gasteiger partial charge in [0.05, 0.1) is 17.1 Å². The van der Waals surface area contributed by atoms with Crippen molar-refractivity contribution in [2.24, 2.45) is 0 Å². The monoisotopic (exact) mass is 224 g/mol. The molecule has 0 saturated carbocycles. The van der Waals surface area contributed by atoms with Crippen molar-refractivity contribution in [2.75, 3.05) is 18.9 Å². The highest BCUT2D eigenvalue weighted by Gasteiger charge is 2.12. The van der Waals surface area contributed by atoms with Crippen LogP contribution in [0.5, 0.6) is 0 Å². The second kappa shape index (κ2) is 5.65. The van der Waals surface area contributed by atoms with Gasteiger partial charge in [-0.3, -0.25) is 9.48 Å². The van der Waals surface area contributed by atoms with Crippen LogP contribution in [-0.4, -0.2) is 29.3 Å². The summed E-state index contributed by atoms with van der Waals surface area (Å²) in [5, 5.41) is 10.2. The van der Waals surface area contributed by atoms with Crippen LogP contribution in [-0.2, 0) is 11.3 Å². The third kappa shape index (κ3) is 2.82. The highest BCUT2D eigenvalue weighted by atomic mass is 16.1.